The van der Waals surface area contributed by atoms with E-state index in [4.69, 9.17) is 0 Å². The van der Waals surface area contributed by atoms with Gasteiger partial charge in [-0.25, -0.2) is 0 Å². The zero-order valence-corrected chi connectivity index (χ0v) is 13.7. The summed E-state index contributed by atoms with van der Waals surface area (Å²) < 4.78 is 2.16. The van der Waals surface area contributed by atoms with Gasteiger partial charge in [-0.2, -0.15) is 0 Å². The van der Waals surface area contributed by atoms with Crippen LogP contribution >= 0.6 is 23.1 Å². The maximum absolute atomic E-state index is 12.2. The van der Waals surface area contributed by atoms with Gasteiger partial charge in [-0.3, -0.25) is 4.79 Å². The van der Waals surface area contributed by atoms with Crippen LogP contribution in [0.3, 0.4) is 0 Å². The molecule has 0 saturated heterocycles. The Bertz CT molecular complexity index is 619. The number of carbonyl (C=O) groups is 1. The Balaban J connectivity index is 1.58. The summed E-state index contributed by atoms with van der Waals surface area (Å²) in [4.78, 5) is 13.3. The molecule has 2 aromatic rings. The summed E-state index contributed by atoms with van der Waals surface area (Å²) in [6.07, 6.45) is 2.37. The van der Waals surface area contributed by atoms with E-state index in [2.05, 4.69) is 20.1 Å². The van der Waals surface area contributed by atoms with Crippen LogP contribution in [0, 0.1) is 6.92 Å². The number of aryl methyl sites for hydroxylation is 1. The zero-order chi connectivity index (χ0) is 14.8. The highest BCUT2D eigenvalue weighted by molar-refractivity contribution is 8.00. The van der Waals surface area contributed by atoms with Crippen molar-refractivity contribution in [2.45, 2.75) is 49.7 Å². The van der Waals surface area contributed by atoms with Crippen LogP contribution in [0.15, 0.2) is 22.7 Å². The number of nitrogens with one attached hydrogen (secondary N) is 1. The van der Waals surface area contributed by atoms with Crippen LogP contribution < -0.4 is 5.32 Å². The van der Waals surface area contributed by atoms with Crippen LogP contribution in [0.1, 0.15) is 36.5 Å². The summed E-state index contributed by atoms with van der Waals surface area (Å²) >= 11 is 3.14. The average Bonchev–Trinajstić information content (AvgIpc) is 3.03. The molecule has 0 radical (unpaired) electrons. The lowest BCUT2D eigenvalue weighted by atomic mass is 10.4. The summed E-state index contributed by atoms with van der Waals surface area (Å²) in [6, 6.07) is 4.55. The van der Waals surface area contributed by atoms with Gasteiger partial charge in [-0.05, 0) is 38.1 Å². The van der Waals surface area contributed by atoms with Crippen LogP contribution in [-0.4, -0.2) is 25.9 Å². The van der Waals surface area contributed by atoms with E-state index in [1.54, 1.807) is 11.3 Å². The minimum Gasteiger partial charge on any atom is -0.350 e. The van der Waals surface area contributed by atoms with Gasteiger partial charge >= 0.3 is 0 Å². The van der Waals surface area contributed by atoms with Crippen molar-refractivity contribution in [3.05, 3.63) is 28.2 Å². The normalized spacial score (nSPS) is 15.9. The van der Waals surface area contributed by atoms with Crippen LogP contribution in [0.2, 0.25) is 0 Å². The average molecular weight is 322 g/mol. The number of aromatic nitrogens is 3. The number of thiophene rings is 1. The molecule has 5 nitrogen and oxygen atoms in total. The number of carbonyl (C=O) groups excluding carboxylic acids is 1. The summed E-state index contributed by atoms with van der Waals surface area (Å²) in [7, 11) is 0. The van der Waals surface area contributed by atoms with E-state index in [0.717, 1.165) is 15.9 Å². The molecule has 1 aliphatic rings. The maximum atomic E-state index is 12.2. The van der Waals surface area contributed by atoms with Crippen molar-refractivity contribution < 1.29 is 4.79 Å². The third-order valence-electron chi connectivity index (χ3n) is 3.42. The molecule has 0 aromatic carbocycles. The molecule has 1 fully saturated rings. The van der Waals surface area contributed by atoms with Crippen LogP contribution in [0.5, 0.6) is 0 Å². The third-order valence-corrected chi connectivity index (χ3v) is 5.35. The second-order valence-electron chi connectivity index (χ2n) is 5.19. The molecule has 7 heteroatoms. The molecule has 1 saturated carbocycles. The molecular weight excluding hydrogens is 304 g/mol. The molecule has 21 heavy (non-hydrogen) atoms. The Morgan fingerprint density at radius 1 is 1.57 bits per heavy atom. The van der Waals surface area contributed by atoms with Gasteiger partial charge < -0.3 is 9.88 Å². The summed E-state index contributed by atoms with van der Waals surface area (Å²) in [6.45, 7) is 4.47. The molecule has 3 rings (SSSR count). The molecule has 1 amide bonds. The van der Waals surface area contributed by atoms with E-state index in [9.17, 15) is 4.79 Å². The van der Waals surface area contributed by atoms with Crippen molar-refractivity contribution in [3.8, 4) is 0 Å². The van der Waals surface area contributed by atoms with Gasteiger partial charge in [0.2, 0.25) is 5.91 Å². The van der Waals surface area contributed by atoms with Crippen molar-refractivity contribution in [3.63, 3.8) is 0 Å². The molecule has 2 heterocycles. The van der Waals surface area contributed by atoms with E-state index in [-0.39, 0.29) is 11.2 Å². The minimum atomic E-state index is -0.175. The first-order valence-electron chi connectivity index (χ1n) is 7.03. The largest absolute Gasteiger partial charge is 0.350 e. The van der Waals surface area contributed by atoms with Gasteiger partial charge in [-0.1, -0.05) is 17.8 Å². The molecule has 1 aliphatic carbocycles. The van der Waals surface area contributed by atoms with E-state index in [1.165, 1.54) is 24.6 Å². The van der Waals surface area contributed by atoms with Gasteiger partial charge in [0.25, 0.3) is 0 Å². The lowest BCUT2D eigenvalue weighted by Crippen LogP contribution is -2.30. The van der Waals surface area contributed by atoms with Gasteiger partial charge in [-0.15, -0.1) is 21.5 Å². The first-order valence-corrected chi connectivity index (χ1v) is 8.79. The number of hydrogen-bond donors (Lipinski definition) is 1. The van der Waals surface area contributed by atoms with Crippen LogP contribution in [0.25, 0.3) is 0 Å². The first kappa shape index (κ1) is 14.6. The topological polar surface area (TPSA) is 59.8 Å². The predicted molar refractivity (Wildman–Crippen MR) is 84.5 cm³/mol. The highest BCUT2D eigenvalue weighted by atomic mass is 32.2. The molecule has 2 aromatic heterocycles. The number of nitrogens with zero attached hydrogens (tertiary/aromatic N) is 3. The van der Waals surface area contributed by atoms with E-state index < -0.39 is 0 Å². The van der Waals surface area contributed by atoms with Gasteiger partial charge in [0.1, 0.15) is 5.82 Å². The third kappa shape index (κ3) is 3.47. The number of hydrogen-bond acceptors (Lipinski definition) is 5. The zero-order valence-electron chi connectivity index (χ0n) is 12.1. The second-order valence-corrected chi connectivity index (χ2v) is 7.53. The fourth-order valence-electron chi connectivity index (χ4n) is 2.13. The van der Waals surface area contributed by atoms with Crippen molar-refractivity contribution in [1.82, 2.24) is 20.1 Å². The Morgan fingerprint density at radius 2 is 2.38 bits per heavy atom. The highest BCUT2D eigenvalue weighted by Gasteiger charge is 2.29. The standard InChI is InChI=1S/C14H18N4OS2/c1-9(13(19)15-8-12-4-3-7-20-12)21-14-17-16-10(2)18(14)11-5-6-11/h3-4,7,9,11H,5-6,8H2,1-2H3,(H,15,19)/t9-/m1/s1. The van der Waals surface area contributed by atoms with Crippen molar-refractivity contribution in [1.29, 1.82) is 0 Å². The highest BCUT2D eigenvalue weighted by Crippen LogP contribution is 2.39. The monoisotopic (exact) mass is 322 g/mol. The number of thioether (sulfide) groups is 1. The smallest absolute Gasteiger partial charge is 0.233 e. The molecule has 0 aliphatic heterocycles. The van der Waals surface area contributed by atoms with Crippen molar-refractivity contribution >= 4 is 29.0 Å². The molecule has 0 unspecified atom stereocenters. The molecule has 1 N–H and O–H groups in total. The molecule has 1 atom stereocenters. The quantitative estimate of drug-likeness (QED) is 0.831. The molecule has 0 spiro atoms. The first-order chi connectivity index (χ1) is 10.1. The van der Waals surface area contributed by atoms with E-state index >= 15 is 0 Å². The van der Waals surface area contributed by atoms with Crippen LogP contribution in [0.4, 0.5) is 0 Å². The van der Waals surface area contributed by atoms with Gasteiger partial charge in [0, 0.05) is 10.9 Å². The van der Waals surface area contributed by atoms with Crippen molar-refractivity contribution in [2.24, 2.45) is 0 Å². The lowest BCUT2D eigenvalue weighted by Gasteiger charge is -2.12. The predicted octanol–water partition coefficient (Wildman–Crippen LogP) is 2.78. The number of amides is 1. The fourth-order valence-corrected chi connectivity index (χ4v) is 3.76. The minimum absolute atomic E-state index is 0.0383. The Labute approximate surface area is 132 Å². The maximum Gasteiger partial charge on any atom is 0.233 e. The lowest BCUT2D eigenvalue weighted by molar-refractivity contribution is -0.120. The summed E-state index contributed by atoms with van der Waals surface area (Å²) in [5.41, 5.74) is 0. The Hall–Kier alpha value is -1.34. The fraction of sp³-hybridized carbons (Fsp3) is 0.500. The Morgan fingerprint density at radius 3 is 3.05 bits per heavy atom. The van der Waals surface area contributed by atoms with E-state index in [1.807, 2.05) is 31.4 Å². The second kappa shape index (κ2) is 6.19. The van der Waals surface area contributed by atoms with Crippen molar-refractivity contribution in [2.75, 3.05) is 0 Å². The molecule has 0 bridgehead atoms. The van der Waals surface area contributed by atoms with Gasteiger partial charge in [0.15, 0.2) is 5.16 Å². The SMILES string of the molecule is Cc1nnc(S[C@H](C)C(=O)NCc2cccs2)n1C1CC1. The molecule has 112 valence electrons. The number of rotatable bonds is 6. The van der Waals surface area contributed by atoms with Gasteiger partial charge in [0.05, 0.1) is 11.8 Å². The summed E-state index contributed by atoms with van der Waals surface area (Å²) in [5, 5.41) is 14.0. The summed E-state index contributed by atoms with van der Waals surface area (Å²) in [5.74, 6) is 0.975. The van der Waals surface area contributed by atoms with Crippen LogP contribution in [-0.2, 0) is 11.3 Å². The van der Waals surface area contributed by atoms with E-state index in [0.29, 0.717) is 12.6 Å². The Kier molecular flexibility index (Phi) is 4.30. The molecular formula is C14H18N4OS2.